The molecule has 0 aromatic heterocycles. The lowest BCUT2D eigenvalue weighted by atomic mass is 10.1. The van der Waals surface area contributed by atoms with Gasteiger partial charge in [0.1, 0.15) is 12.6 Å². The molecule has 0 aliphatic rings. The third-order valence-electron chi connectivity index (χ3n) is 3.05. The van der Waals surface area contributed by atoms with Crippen molar-refractivity contribution in [2.24, 2.45) is 0 Å². The SMILES string of the molecule is C=CCOC(=O)N[C@@H](CC(=O)O)C(=O)COC(=O)c1ccc([N+](=O)[O-])cc1. The van der Waals surface area contributed by atoms with Gasteiger partial charge in [0.2, 0.25) is 0 Å². The smallest absolute Gasteiger partial charge is 0.408 e. The van der Waals surface area contributed by atoms with Crippen LogP contribution in [0.5, 0.6) is 0 Å². The number of nitrogens with one attached hydrogen (secondary N) is 1. The Kier molecular flexibility index (Phi) is 8.10. The highest BCUT2D eigenvalue weighted by Crippen LogP contribution is 2.12. The average Bonchev–Trinajstić information content (AvgIpc) is 2.63. The number of nitro benzene ring substituents is 1. The van der Waals surface area contributed by atoms with Crippen LogP contribution in [0.3, 0.4) is 0 Å². The van der Waals surface area contributed by atoms with Crippen molar-refractivity contribution in [2.75, 3.05) is 13.2 Å². The fourth-order valence-corrected chi connectivity index (χ4v) is 1.78. The first-order valence-electron chi connectivity index (χ1n) is 7.45. The third-order valence-corrected chi connectivity index (χ3v) is 3.05. The number of benzene rings is 1. The Morgan fingerprint density at radius 2 is 1.85 bits per heavy atom. The fourth-order valence-electron chi connectivity index (χ4n) is 1.78. The number of carboxylic acids is 1. The summed E-state index contributed by atoms with van der Waals surface area (Å²) in [5.41, 5.74) is -0.270. The van der Waals surface area contributed by atoms with Gasteiger partial charge < -0.3 is 19.9 Å². The van der Waals surface area contributed by atoms with Crippen LogP contribution in [-0.4, -0.2) is 53.1 Å². The first-order chi connectivity index (χ1) is 12.7. The monoisotopic (exact) mass is 380 g/mol. The number of Topliss-reactive ketones (excluding diaryl/α,β-unsaturated/α-hetero) is 1. The van der Waals surface area contributed by atoms with Crippen LogP contribution in [0.1, 0.15) is 16.8 Å². The number of hydrogen-bond donors (Lipinski definition) is 2. The van der Waals surface area contributed by atoms with Crippen LogP contribution in [-0.2, 0) is 19.1 Å². The number of carbonyl (C=O) groups excluding carboxylic acids is 3. The van der Waals surface area contributed by atoms with E-state index >= 15 is 0 Å². The summed E-state index contributed by atoms with van der Waals surface area (Å²) < 4.78 is 9.36. The maximum Gasteiger partial charge on any atom is 0.408 e. The minimum atomic E-state index is -1.47. The number of hydrogen-bond acceptors (Lipinski definition) is 8. The summed E-state index contributed by atoms with van der Waals surface area (Å²) in [6, 6.07) is 2.99. The van der Waals surface area contributed by atoms with Crippen molar-refractivity contribution in [1.82, 2.24) is 5.32 Å². The number of alkyl carbamates (subject to hydrolysis) is 1. The molecule has 11 nitrogen and oxygen atoms in total. The number of aliphatic carboxylic acids is 1. The molecule has 1 atom stereocenters. The van der Waals surface area contributed by atoms with E-state index in [0.29, 0.717) is 0 Å². The van der Waals surface area contributed by atoms with E-state index in [1.54, 1.807) is 0 Å². The van der Waals surface area contributed by atoms with E-state index in [0.717, 1.165) is 24.3 Å². The maximum atomic E-state index is 12.0. The summed E-state index contributed by atoms with van der Waals surface area (Å²) in [6.45, 7) is 2.37. The van der Waals surface area contributed by atoms with Gasteiger partial charge in [-0.25, -0.2) is 9.59 Å². The Morgan fingerprint density at radius 1 is 1.22 bits per heavy atom. The van der Waals surface area contributed by atoms with Crippen molar-refractivity contribution in [2.45, 2.75) is 12.5 Å². The molecule has 0 fully saturated rings. The van der Waals surface area contributed by atoms with Crippen molar-refractivity contribution in [3.05, 3.63) is 52.6 Å². The van der Waals surface area contributed by atoms with Gasteiger partial charge in [0.15, 0.2) is 12.4 Å². The standard InChI is InChI=1S/C16H16N2O9/c1-2-7-26-16(23)17-12(8-14(20)21)13(19)9-27-15(22)10-3-5-11(6-4-10)18(24)25/h2-6,12H,1,7-9H2,(H,17,23)(H,20,21)/t12-/m0/s1. The number of ether oxygens (including phenoxy) is 2. The van der Waals surface area contributed by atoms with Gasteiger partial charge in [-0.1, -0.05) is 12.7 Å². The number of nitro groups is 1. The molecule has 0 radical (unpaired) electrons. The molecule has 0 bridgehead atoms. The van der Waals surface area contributed by atoms with Gasteiger partial charge in [0.05, 0.1) is 16.9 Å². The molecule has 1 rings (SSSR count). The van der Waals surface area contributed by atoms with Crippen LogP contribution in [0.25, 0.3) is 0 Å². The zero-order chi connectivity index (χ0) is 20.4. The summed E-state index contributed by atoms with van der Waals surface area (Å²) in [6.07, 6.45) is -0.493. The third kappa shape index (κ3) is 7.34. The lowest BCUT2D eigenvalue weighted by molar-refractivity contribution is -0.384. The first kappa shape index (κ1) is 21.3. The number of amides is 1. The van der Waals surface area contributed by atoms with Crippen molar-refractivity contribution >= 4 is 29.5 Å². The van der Waals surface area contributed by atoms with Crippen LogP contribution in [0.4, 0.5) is 10.5 Å². The fraction of sp³-hybridized carbons (Fsp3) is 0.250. The van der Waals surface area contributed by atoms with E-state index in [1.165, 1.54) is 6.08 Å². The molecule has 0 heterocycles. The minimum Gasteiger partial charge on any atom is -0.481 e. The summed E-state index contributed by atoms with van der Waals surface area (Å²) >= 11 is 0. The molecule has 0 unspecified atom stereocenters. The Bertz CT molecular complexity index is 743. The molecule has 27 heavy (non-hydrogen) atoms. The van der Waals surface area contributed by atoms with Gasteiger partial charge in [-0.15, -0.1) is 0 Å². The average molecular weight is 380 g/mol. The van der Waals surface area contributed by atoms with Crippen LogP contribution in [0.2, 0.25) is 0 Å². The second kappa shape index (κ2) is 10.3. The maximum absolute atomic E-state index is 12.0. The quantitative estimate of drug-likeness (QED) is 0.262. The molecule has 0 saturated carbocycles. The predicted molar refractivity (Wildman–Crippen MR) is 89.1 cm³/mol. The largest absolute Gasteiger partial charge is 0.481 e. The topological polar surface area (TPSA) is 162 Å². The molecule has 1 aromatic carbocycles. The van der Waals surface area contributed by atoms with Crippen molar-refractivity contribution in [3.8, 4) is 0 Å². The molecule has 0 aliphatic heterocycles. The number of rotatable bonds is 10. The zero-order valence-corrected chi connectivity index (χ0v) is 14.0. The highest BCUT2D eigenvalue weighted by molar-refractivity contribution is 5.95. The van der Waals surface area contributed by atoms with Crippen LogP contribution >= 0.6 is 0 Å². The molecular weight excluding hydrogens is 364 g/mol. The Hall–Kier alpha value is -3.76. The van der Waals surface area contributed by atoms with E-state index in [4.69, 9.17) is 9.84 Å². The van der Waals surface area contributed by atoms with E-state index < -0.39 is 47.8 Å². The summed E-state index contributed by atoms with van der Waals surface area (Å²) in [5.74, 6) is -3.18. The van der Waals surface area contributed by atoms with Gasteiger partial charge in [-0.05, 0) is 12.1 Å². The van der Waals surface area contributed by atoms with Gasteiger partial charge in [0, 0.05) is 12.1 Å². The van der Waals surface area contributed by atoms with Crippen molar-refractivity contribution in [1.29, 1.82) is 0 Å². The van der Waals surface area contributed by atoms with Crippen LogP contribution in [0.15, 0.2) is 36.9 Å². The predicted octanol–water partition coefficient (Wildman–Crippen LogP) is 1.08. The molecule has 144 valence electrons. The molecule has 2 N–H and O–H groups in total. The zero-order valence-electron chi connectivity index (χ0n) is 14.0. The summed E-state index contributed by atoms with van der Waals surface area (Å²) in [7, 11) is 0. The summed E-state index contributed by atoms with van der Waals surface area (Å²) in [4.78, 5) is 56.1. The lowest BCUT2D eigenvalue weighted by Crippen LogP contribution is -2.44. The van der Waals surface area contributed by atoms with E-state index in [-0.39, 0.29) is 17.9 Å². The van der Waals surface area contributed by atoms with Gasteiger partial charge in [-0.3, -0.25) is 19.7 Å². The molecule has 0 spiro atoms. The lowest BCUT2D eigenvalue weighted by Gasteiger charge is -2.15. The Morgan fingerprint density at radius 3 is 2.37 bits per heavy atom. The normalized spacial score (nSPS) is 11.0. The number of ketones is 1. The number of carboxylic acid groups (broad SMARTS) is 1. The van der Waals surface area contributed by atoms with E-state index in [9.17, 15) is 29.3 Å². The van der Waals surface area contributed by atoms with Crippen molar-refractivity contribution in [3.63, 3.8) is 0 Å². The van der Waals surface area contributed by atoms with E-state index in [1.807, 2.05) is 0 Å². The molecule has 1 amide bonds. The second-order valence-electron chi connectivity index (χ2n) is 5.03. The number of carbonyl (C=O) groups is 4. The van der Waals surface area contributed by atoms with Gasteiger partial charge in [0.25, 0.3) is 5.69 Å². The first-order valence-corrected chi connectivity index (χ1v) is 7.45. The minimum absolute atomic E-state index is 0.0402. The summed E-state index contributed by atoms with van der Waals surface area (Å²) in [5, 5.41) is 21.4. The van der Waals surface area contributed by atoms with Gasteiger partial charge in [-0.2, -0.15) is 0 Å². The highest BCUT2D eigenvalue weighted by atomic mass is 16.6. The Labute approximate surface area is 152 Å². The van der Waals surface area contributed by atoms with Gasteiger partial charge >= 0.3 is 18.0 Å². The molecular formula is C16H16N2O9. The number of nitrogens with zero attached hydrogens (tertiary/aromatic N) is 1. The van der Waals surface area contributed by atoms with E-state index in [2.05, 4.69) is 16.6 Å². The number of esters is 1. The van der Waals surface area contributed by atoms with Crippen molar-refractivity contribution < 1.29 is 38.7 Å². The van der Waals surface area contributed by atoms with Crippen LogP contribution in [0, 0.1) is 10.1 Å². The van der Waals surface area contributed by atoms with Crippen LogP contribution < -0.4 is 5.32 Å². The highest BCUT2D eigenvalue weighted by Gasteiger charge is 2.25. The second-order valence-corrected chi connectivity index (χ2v) is 5.03. The molecule has 11 heteroatoms. The molecule has 0 saturated heterocycles. The molecule has 0 aliphatic carbocycles. The Balaban J connectivity index is 2.67. The number of non-ortho nitro benzene ring substituents is 1. The molecule has 1 aromatic rings.